The molecule has 0 aliphatic carbocycles. The minimum Gasteiger partial charge on any atom is -0.492 e. The van der Waals surface area contributed by atoms with Gasteiger partial charge in [0.2, 0.25) is 5.13 Å². The van der Waals surface area contributed by atoms with Crippen LogP contribution in [-0.2, 0) is 0 Å². The zero-order valence-corrected chi connectivity index (χ0v) is 16.8. The smallest absolute Gasteiger partial charge is 0.301 e. The number of aromatic nitrogens is 4. The minimum absolute atomic E-state index is 0.234. The maximum atomic E-state index is 12.8. The van der Waals surface area contributed by atoms with Crippen molar-refractivity contribution in [2.24, 2.45) is 10.2 Å². The second kappa shape index (κ2) is 7.87. The van der Waals surface area contributed by atoms with Gasteiger partial charge in [-0.1, -0.05) is 12.1 Å². The fourth-order valence-corrected chi connectivity index (χ4v) is 3.97. The van der Waals surface area contributed by atoms with Crippen LogP contribution in [0.3, 0.4) is 0 Å². The van der Waals surface area contributed by atoms with Crippen LogP contribution in [-0.4, -0.2) is 26.4 Å². The lowest BCUT2D eigenvalue weighted by atomic mass is 10.3. The third-order valence-corrected chi connectivity index (χ3v) is 5.42. The van der Waals surface area contributed by atoms with Crippen molar-refractivity contribution in [2.75, 3.05) is 6.61 Å². The summed E-state index contributed by atoms with van der Waals surface area (Å²) in [6.07, 6.45) is 1.72. The van der Waals surface area contributed by atoms with Crippen LogP contribution in [0.25, 0.3) is 15.8 Å². The SMILES string of the molecule is CCOc1ccccc1N=Nc1c(C)[nH]n(-c2nc(-c3nccs3)cs2)c1=O. The zero-order valence-electron chi connectivity index (χ0n) is 15.1. The van der Waals surface area contributed by atoms with Crippen molar-refractivity contribution in [2.45, 2.75) is 13.8 Å². The molecule has 3 heterocycles. The number of hydrogen-bond acceptors (Lipinski definition) is 8. The van der Waals surface area contributed by atoms with E-state index in [0.29, 0.717) is 28.9 Å². The Hall–Kier alpha value is -3.11. The van der Waals surface area contributed by atoms with E-state index in [1.807, 2.05) is 35.9 Å². The average molecular weight is 413 g/mol. The Morgan fingerprint density at radius 3 is 2.89 bits per heavy atom. The average Bonchev–Trinajstić information content (AvgIpc) is 3.43. The summed E-state index contributed by atoms with van der Waals surface area (Å²) < 4.78 is 6.92. The number of nitrogens with one attached hydrogen (secondary N) is 1. The fourth-order valence-electron chi connectivity index (χ4n) is 2.53. The third-order valence-electron chi connectivity index (χ3n) is 3.80. The molecule has 1 N–H and O–H groups in total. The van der Waals surface area contributed by atoms with Gasteiger partial charge in [-0.15, -0.1) is 32.9 Å². The van der Waals surface area contributed by atoms with Crippen LogP contribution in [0.15, 0.2) is 56.2 Å². The molecular weight excluding hydrogens is 396 g/mol. The lowest BCUT2D eigenvalue weighted by Crippen LogP contribution is -2.13. The Balaban J connectivity index is 1.66. The number of thiazole rings is 2. The Morgan fingerprint density at radius 2 is 2.11 bits per heavy atom. The van der Waals surface area contributed by atoms with Gasteiger partial charge < -0.3 is 4.74 Å². The van der Waals surface area contributed by atoms with Crippen molar-refractivity contribution < 1.29 is 4.74 Å². The first kappa shape index (κ1) is 18.3. The molecule has 1 aromatic carbocycles. The van der Waals surface area contributed by atoms with Gasteiger partial charge in [0.15, 0.2) is 5.69 Å². The van der Waals surface area contributed by atoms with E-state index in [2.05, 4.69) is 25.3 Å². The van der Waals surface area contributed by atoms with Crippen LogP contribution in [0, 0.1) is 6.92 Å². The first-order valence-electron chi connectivity index (χ1n) is 8.48. The first-order valence-corrected chi connectivity index (χ1v) is 10.2. The molecule has 0 spiro atoms. The highest BCUT2D eigenvalue weighted by molar-refractivity contribution is 7.14. The molecule has 0 saturated carbocycles. The third kappa shape index (κ3) is 3.51. The van der Waals surface area contributed by atoms with Crippen LogP contribution >= 0.6 is 22.7 Å². The largest absolute Gasteiger partial charge is 0.492 e. The summed E-state index contributed by atoms with van der Waals surface area (Å²) in [7, 11) is 0. The van der Waals surface area contributed by atoms with Gasteiger partial charge in [0, 0.05) is 17.0 Å². The van der Waals surface area contributed by atoms with E-state index in [1.54, 1.807) is 19.2 Å². The molecule has 4 aromatic rings. The number of nitrogens with zero attached hydrogens (tertiary/aromatic N) is 5. The van der Waals surface area contributed by atoms with Crippen molar-refractivity contribution in [3.63, 3.8) is 0 Å². The molecule has 0 aliphatic rings. The van der Waals surface area contributed by atoms with Gasteiger partial charge in [-0.05, 0) is 26.0 Å². The molecule has 0 atom stereocenters. The molecule has 0 bridgehead atoms. The molecule has 142 valence electrons. The highest BCUT2D eigenvalue weighted by Crippen LogP contribution is 2.29. The standard InChI is InChI=1S/C18H16N6O2S2/c1-3-26-14-7-5-4-6-12(14)21-22-15-11(2)23-24(17(15)25)18-20-13(10-28-18)16-19-8-9-27-16/h4-10,23H,3H2,1-2H3. The second-order valence-electron chi connectivity index (χ2n) is 5.68. The number of azo groups is 1. The van der Waals surface area contributed by atoms with E-state index in [1.165, 1.54) is 27.4 Å². The summed E-state index contributed by atoms with van der Waals surface area (Å²) in [5.74, 6) is 0.621. The number of hydrogen-bond donors (Lipinski definition) is 1. The normalized spacial score (nSPS) is 11.4. The van der Waals surface area contributed by atoms with Crippen LogP contribution in [0.2, 0.25) is 0 Å². The van der Waals surface area contributed by atoms with Crippen molar-refractivity contribution >= 4 is 34.0 Å². The number of para-hydroxylation sites is 1. The molecule has 0 fully saturated rings. The van der Waals surface area contributed by atoms with Crippen molar-refractivity contribution in [3.8, 4) is 21.6 Å². The molecule has 0 saturated heterocycles. The van der Waals surface area contributed by atoms with E-state index in [-0.39, 0.29) is 11.2 Å². The summed E-state index contributed by atoms with van der Waals surface area (Å²) in [5.41, 5.74) is 1.83. The maximum absolute atomic E-state index is 12.8. The number of aryl methyl sites for hydroxylation is 1. The molecule has 0 unspecified atom stereocenters. The maximum Gasteiger partial charge on any atom is 0.301 e. The zero-order chi connectivity index (χ0) is 19.5. The molecule has 0 amide bonds. The summed E-state index contributed by atoms with van der Waals surface area (Å²) in [5, 5.41) is 16.5. The molecule has 0 radical (unpaired) electrons. The van der Waals surface area contributed by atoms with Gasteiger partial charge >= 0.3 is 5.56 Å². The molecule has 4 rings (SSSR count). The van der Waals surface area contributed by atoms with Gasteiger partial charge in [-0.3, -0.25) is 9.89 Å². The van der Waals surface area contributed by atoms with Gasteiger partial charge in [0.05, 0.1) is 12.3 Å². The number of aromatic amines is 1. The first-order chi connectivity index (χ1) is 13.7. The van der Waals surface area contributed by atoms with E-state index in [0.717, 1.165) is 10.7 Å². The minimum atomic E-state index is -0.310. The molecule has 3 aromatic heterocycles. The van der Waals surface area contributed by atoms with Gasteiger partial charge in [0.25, 0.3) is 0 Å². The van der Waals surface area contributed by atoms with E-state index < -0.39 is 0 Å². The summed E-state index contributed by atoms with van der Waals surface area (Å²) in [6, 6.07) is 7.31. The van der Waals surface area contributed by atoms with Crippen LogP contribution in [0.1, 0.15) is 12.6 Å². The van der Waals surface area contributed by atoms with Gasteiger partial charge in [-0.25, -0.2) is 9.97 Å². The number of H-pyrrole nitrogens is 1. The quantitative estimate of drug-likeness (QED) is 0.457. The van der Waals surface area contributed by atoms with E-state index in [9.17, 15) is 4.79 Å². The Morgan fingerprint density at radius 1 is 1.25 bits per heavy atom. The van der Waals surface area contributed by atoms with Gasteiger partial charge in [-0.2, -0.15) is 4.68 Å². The lowest BCUT2D eigenvalue weighted by molar-refractivity contribution is 0.341. The molecular formula is C18H16N6O2S2. The molecule has 0 aliphatic heterocycles. The van der Waals surface area contributed by atoms with Gasteiger partial charge in [0.1, 0.15) is 22.1 Å². The summed E-state index contributed by atoms with van der Waals surface area (Å²) in [6.45, 7) is 4.20. The summed E-state index contributed by atoms with van der Waals surface area (Å²) >= 11 is 2.85. The summed E-state index contributed by atoms with van der Waals surface area (Å²) in [4.78, 5) is 21.6. The highest BCUT2D eigenvalue weighted by Gasteiger charge is 2.16. The number of rotatable bonds is 6. The Bertz CT molecular complexity index is 1170. The Kier molecular flexibility index (Phi) is 5.13. The van der Waals surface area contributed by atoms with E-state index in [4.69, 9.17) is 4.74 Å². The van der Waals surface area contributed by atoms with E-state index >= 15 is 0 Å². The molecule has 28 heavy (non-hydrogen) atoms. The molecule has 8 nitrogen and oxygen atoms in total. The predicted molar refractivity (Wildman–Crippen MR) is 110 cm³/mol. The predicted octanol–water partition coefficient (Wildman–Crippen LogP) is 4.87. The second-order valence-corrected chi connectivity index (χ2v) is 7.41. The Labute approximate surface area is 168 Å². The number of ether oxygens (including phenoxy) is 1. The van der Waals surface area contributed by atoms with Crippen molar-refractivity contribution in [1.29, 1.82) is 0 Å². The highest BCUT2D eigenvalue weighted by atomic mass is 32.1. The van der Waals surface area contributed by atoms with Crippen molar-refractivity contribution in [1.82, 2.24) is 19.7 Å². The van der Waals surface area contributed by atoms with Crippen LogP contribution < -0.4 is 10.3 Å². The molecule has 10 heteroatoms. The van der Waals surface area contributed by atoms with Crippen LogP contribution in [0.4, 0.5) is 11.4 Å². The number of benzene rings is 1. The topological polar surface area (TPSA) is 97.5 Å². The monoisotopic (exact) mass is 412 g/mol. The van der Waals surface area contributed by atoms with Crippen molar-refractivity contribution in [3.05, 3.63) is 57.3 Å². The fraction of sp³-hybridized carbons (Fsp3) is 0.167. The lowest BCUT2D eigenvalue weighted by Gasteiger charge is -2.04. The van der Waals surface area contributed by atoms with Crippen LogP contribution in [0.5, 0.6) is 5.75 Å².